The Morgan fingerprint density at radius 1 is 1.04 bits per heavy atom. The molecule has 1 N–H and O–H groups in total. The van der Waals surface area contributed by atoms with Crippen LogP contribution < -0.4 is 10.1 Å². The van der Waals surface area contributed by atoms with Gasteiger partial charge in [-0.25, -0.2) is 4.79 Å². The zero-order valence-corrected chi connectivity index (χ0v) is 16.2. The number of benzene rings is 2. The third-order valence-corrected chi connectivity index (χ3v) is 5.63. The number of likely N-dealkylation sites (tertiary alicyclic amines) is 1. The lowest BCUT2D eigenvalue weighted by molar-refractivity contribution is 0.0682. The molecule has 2 aromatic carbocycles. The highest BCUT2D eigenvalue weighted by molar-refractivity contribution is 5.91. The maximum absolute atomic E-state index is 12.8. The topological polar surface area (TPSA) is 50.8 Å². The van der Waals surface area contributed by atoms with Crippen LogP contribution in [0.1, 0.15) is 37.2 Å². The molecule has 0 spiro atoms. The van der Waals surface area contributed by atoms with Crippen molar-refractivity contribution in [2.75, 3.05) is 31.6 Å². The molecule has 0 radical (unpaired) electrons. The molecule has 148 valence electrons. The molecular weight excluding hydrogens is 352 g/mol. The molecule has 0 aromatic heterocycles. The Bertz CT molecular complexity index is 766. The average molecular weight is 380 g/mol. The van der Waals surface area contributed by atoms with Gasteiger partial charge in [0.2, 0.25) is 0 Å². The van der Waals surface area contributed by atoms with Crippen molar-refractivity contribution in [2.24, 2.45) is 0 Å². The molecule has 2 amide bonds. The van der Waals surface area contributed by atoms with E-state index in [9.17, 15) is 4.79 Å². The Morgan fingerprint density at radius 3 is 2.54 bits per heavy atom. The van der Waals surface area contributed by atoms with Crippen molar-refractivity contribution >= 4 is 11.7 Å². The zero-order valence-electron chi connectivity index (χ0n) is 16.2. The van der Waals surface area contributed by atoms with Crippen LogP contribution in [-0.2, 0) is 4.74 Å². The molecular formula is C23H28N2O3. The summed E-state index contributed by atoms with van der Waals surface area (Å²) in [4.78, 5) is 14.7. The summed E-state index contributed by atoms with van der Waals surface area (Å²) >= 11 is 0. The number of piperidine rings is 1. The molecule has 2 fully saturated rings. The summed E-state index contributed by atoms with van der Waals surface area (Å²) in [5, 5.41) is 3.03. The van der Waals surface area contributed by atoms with Gasteiger partial charge in [0.15, 0.2) is 0 Å². The summed E-state index contributed by atoms with van der Waals surface area (Å²) < 4.78 is 11.5. The first-order valence-electron chi connectivity index (χ1n) is 10.2. The van der Waals surface area contributed by atoms with E-state index in [0.717, 1.165) is 51.1 Å². The van der Waals surface area contributed by atoms with Crippen LogP contribution in [0.2, 0.25) is 0 Å². The van der Waals surface area contributed by atoms with E-state index in [1.807, 2.05) is 35.2 Å². The largest absolute Gasteiger partial charge is 0.489 e. The van der Waals surface area contributed by atoms with Crippen LogP contribution in [0, 0.1) is 0 Å². The van der Waals surface area contributed by atoms with Crippen LogP contribution in [0.3, 0.4) is 0 Å². The summed E-state index contributed by atoms with van der Waals surface area (Å²) in [6.07, 6.45) is 4.26. The highest BCUT2D eigenvalue weighted by Crippen LogP contribution is 2.29. The molecule has 2 aliphatic heterocycles. The van der Waals surface area contributed by atoms with E-state index < -0.39 is 0 Å². The number of rotatable bonds is 5. The van der Waals surface area contributed by atoms with E-state index in [0.29, 0.717) is 18.3 Å². The number of carbonyl (C=O) groups excluding carboxylic acids is 1. The number of hydrogen-bond donors (Lipinski definition) is 1. The fourth-order valence-corrected chi connectivity index (χ4v) is 3.99. The average Bonchev–Trinajstić information content (AvgIpc) is 3.27. The molecule has 0 bridgehead atoms. The summed E-state index contributed by atoms with van der Waals surface area (Å²) in [6, 6.07) is 18.1. The van der Waals surface area contributed by atoms with E-state index in [1.165, 1.54) is 5.56 Å². The molecule has 2 aromatic rings. The number of para-hydroxylation sites is 2. The maximum Gasteiger partial charge on any atom is 0.321 e. The van der Waals surface area contributed by atoms with Crippen LogP contribution in [0.15, 0.2) is 54.6 Å². The SMILES string of the molecule is O=C(Nc1ccccc1OC[C@@H]1CCCO1)N1CCC(c2ccccc2)CC1. The van der Waals surface area contributed by atoms with Crippen molar-refractivity contribution in [3.8, 4) is 5.75 Å². The Hall–Kier alpha value is -2.53. The van der Waals surface area contributed by atoms with Gasteiger partial charge in [0.1, 0.15) is 12.4 Å². The first-order valence-corrected chi connectivity index (χ1v) is 10.2. The molecule has 5 heteroatoms. The fourth-order valence-electron chi connectivity index (χ4n) is 3.99. The zero-order chi connectivity index (χ0) is 19.2. The summed E-state index contributed by atoms with van der Waals surface area (Å²) in [6.45, 7) is 2.87. The van der Waals surface area contributed by atoms with Gasteiger partial charge < -0.3 is 19.7 Å². The van der Waals surface area contributed by atoms with Crippen molar-refractivity contribution in [1.29, 1.82) is 0 Å². The van der Waals surface area contributed by atoms with Crippen LogP contribution in [0.25, 0.3) is 0 Å². The summed E-state index contributed by atoms with van der Waals surface area (Å²) in [5.41, 5.74) is 2.09. The Morgan fingerprint density at radius 2 is 1.79 bits per heavy atom. The minimum absolute atomic E-state index is 0.0559. The van der Waals surface area contributed by atoms with E-state index in [2.05, 4.69) is 29.6 Å². The normalized spacial score (nSPS) is 20.1. The Labute approximate surface area is 166 Å². The quantitative estimate of drug-likeness (QED) is 0.821. The van der Waals surface area contributed by atoms with Gasteiger partial charge in [0.25, 0.3) is 0 Å². The second-order valence-corrected chi connectivity index (χ2v) is 7.54. The number of carbonyl (C=O) groups is 1. The first-order chi connectivity index (χ1) is 13.8. The number of nitrogens with zero attached hydrogens (tertiary/aromatic N) is 1. The maximum atomic E-state index is 12.8. The van der Waals surface area contributed by atoms with Gasteiger partial charge >= 0.3 is 6.03 Å². The molecule has 0 aliphatic carbocycles. The lowest BCUT2D eigenvalue weighted by Crippen LogP contribution is -2.40. The van der Waals surface area contributed by atoms with Gasteiger partial charge in [0.05, 0.1) is 11.8 Å². The molecule has 4 rings (SSSR count). The summed E-state index contributed by atoms with van der Waals surface area (Å²) in [5.74, 6) is 1.23. The number of hydrogen-bond acceptors (Lipinski definition) is 3. The second kappa shape index (κ2) is 9.11. The second-order valence-electron chi connectivity index (χ2n) is 7.54. The van der Waals surface area contributed by atoms with E-state index >= 15 is 0 Å². The molecule has 5 nitrogen and oxygen atoms in total. The van der Waals surface area contributed by atoms with Crippen molar-refractivity contribution < 1.29 is 14.3 Å². The van der Waals surface area contributed by atoms with Crippen LogP contribution >= 0.6 is 0 Å². The van der Waals surface area contributed by atoms with Crippen molar-refractivity contribution in [3.05, 3.63) is 60.2 Å². The number of amides is 2. The number of urea groups is 1. The third-order valence-electron chi connectivity index (χ3n) is 5.63. The Balaban J connectivity index is 1.31. The van der Waals surface area contributed by atoms with E-state index in [-0.39, 0.29) is 12.1 Å². The predicted octanol–water partition coefficient (Wildman–Crippen LogP) is 4.66. The van der Waals surface area contributed by atoms with Gasteiger partial charge in [-0.1, -0.05) is 42.5 Å². The highest BCUT2D eigenvalue weighted by atomic mass is 16.5. The molecule has 2 saturated heterocycles. The van der Waals surface area contributed by atoms with Gasteiger partial charge in [-0.2, -0.15) is 0 Å². The Kier molecular flexibility index (Phi) is 6.12. The van der Waals surface area contributed by atoms with Gasteiger partial charge in [0, 0.05) is 19.7 Å². The van der Waals surface area contributed by atoms with E-state index in [4.69, 9.17) is 9.47 Å². The first kappa shape index (κ1) is 18.8. The fraction of sp³-hybridized carbons (Fsp3) is 0.435. The van der Waals surface area contributed by atoms with E-state index in [1.54, 1.807) is 0 Å². The number of nitrogens with one attached hydrogen (secondary N) is 1. The van der Waals surface area contributed by atoms with Crippen molar-refractivity contribution in [2.45, 2.75) is 37.7 Å². The lowest BCUT2D eigenvalue weighted by atomic mass is 9.90. The molecule has 28 heavy (non-hydrogen) atoms. The monoisotopic (exact) mass is 380 g/mol. The van der Waals surface area contributed by atoms with Gasteiger partial charge in [-0.15, -0.1) is 0 Å². The molecule has 1 atom stereocenters. The molecule has 0 unspecified atom stereocenters. The highest BCUT2D eigenvalue weighted by Gasteiger charge is 2.24. The number of anilines is 1. The predicted molar refractivity (Wildman–Crippen MR) is 110 cm³/mol. The standard InChI is InChI=1S/C23H28N2O3/c26-23(25-14-12-19(13-15-25)18-7-2-1-3-8-18)24-21-10-4-5-11-22(21)28-17-20-9-6-16-27-20/h1-5,7-8,10-11,19-20H,6,9,12-17H2,(H,24,26)/t20-/m0/s1. The minimum atomic E-state index is -0.0559. The van der Waals surface area contributed by atoms with Gasteiger partial charge in [-0.3, -0.25) is 0 Å². The van der Waals surface area contributed by atoms with Gasteiger partial charge in [-0.05, 0) is 49.3 Å². The number of ether oxygens (including phenoxy) is 2. The van der Waals surface area contributed by atoms with Crippen LogP contribution in [0.4, 0.5) is 10.5 Å². The van der Waals surface area contributed by atoms with Crippen molar-refractivity contribution in [3.63, 3.8) is 0 Å². The smallest absolute Gasteiger partial charge is 0.321 e. The lowest BCUT2D eigenvalue weighted by Gasteiger charge is -2.32. The molecule has 2 heterocycles. The minimum Gasteiger partial charge on any atom is -0.489 e. The summed E-state index contributed by atoms with van der Waals surface area (Å²) in [7, 11) is 0. The third kappa shape index (κ3) is 4.65. The van der Waals surface area contributed by atoms with Crippen LogP contribution in [-0.4, -0.2) is 43.3 Å². The van der Waals surface area contributed by atoms with Crippen LogP contribution in [0.5, 0.6) is 5.75 Å². The van der Waals surface area contributed by atoms with Crippen molar-refractivity contribution in [1.82, 2.24) is 4.90 Å². The molecule has 2 aliphatic rings. The molecule has 0 saturated carbocycles.